The van der Waals surface area contributed by atoms with E-state index in [-0.39, 0.29) is 42.2 Å². The van der Waals surface area contributed by atoms with Crippen molar-refractivity contribution in [3.63, 3.8) is 0 Å². The van der Waals surface area contributed by atoms with Crippen molar-refractivity contribution in [2.45, 2.75) is 68.3 Å². The largest absolute Gasteiger partial charge is 0.480 e. The summed E-state index contributed by atoms with van der Waals surface area (Å²) in [4.78, 5) is 49.4. The van der Waals surface area contributed by atoms with Gasteiger partial charge in [-0.3, -0.25) is 24.2 Å². The number of rotatable bonds is 22. The number of amides is 3. The molecule has 0 spiro atoms. The Labute approximate surface area is 295 Å². The number of benzene rings is 2. The van der Waals surface area contributed by atoms with Gasteiger partial charge in [-0.25, -0.2) is 14.6 Å². The molecule has 1 saturated heterocycles. The van der Waals surface area contributed by atoms with Crippen LogP contribution in [-0.2, 0) is 14.4 Å². The van der Waals surface area contributed by atoms with Crippen LogP contribution in [0.3, 0.4) is 0 Å². The van der Waals surface area contributed by atoms with Crippen LogP contribution in [-0.4, -0.2) is 79.9 Å². The third kappa shape index (κ3) is 12.6. The number of ketones is 1. The van der Waals surface area contributed by atoms with Crippen LogP contribution in [0.25, 0.3) is 0 Å². The summed E-state index contributed by atoms with van der Waals surface area (Å²) in [5.74, 6) is 3.20. The van der Waals surface area contributed by atoms with Crippen LogP contribution in [0.5, 0.6) is 5.75 Å². The van der Waals surface area contributed by atoms with Gasteiger partial charge in [0.05, 0.1) is 24.3 Å². The maximum atomic E-state index is 14.0. The molecule has 1 fully saturated rings. The lowest BCUT2D eigenvalue weighted by molar-refractivity contribution is -0.123. The number of para-hydroxylation sites is 1. The Kier molecular flexibility index (Phi) is 16.9. The van der Waals surface area contributed by atoms with Crippen molar-refractivity contribution in [2.75, 3.05) is 37.5 Å². The van der Waals surface area contributed by atoms with Gasteiger partial charge in [-0.2, -0.15) is 11.8 Å². The maximum Gasteiger partial charge on any atom is 0.251 e. The molecule has 4 atom stereocenters. The second-order valence-electron chi connectivity index (χ2n) is 11.9. The van der Waals surface area contributed by atoms with Crippen LogP contribution in [0.4, 0.5) is 14.5 Å². The molecule has 2 aromatic carbocycles. The van der Waals surface area contributed by atoms with E-state index in [0.29, 0.717) is 43.2 Å². The number of Topliss-reactive ketones (excluding diaryl/α,β-unsaturated/α-hetero) is 1. The number of hydrazine groups is 1. The van der Waals surface area contributed by atoms with Gasteiger partial charge in [-0.05, 0) is 76.0 Å². The molecule has 2 aromatic rings. The predicted octanol–water partition coefficient (Wildman–Crippen LogP) is 1.82. The molecular formula is C34H48F2N8O5S. The first-order valence-corrected chi connectivity index (χ1v) is 17.6. The Hall–Kier alpha value is -4.25. The van der Waals surface area contributed by atoms with Crippen molar-refractivity contribution >= 4 is 41.5 Å². The number of hydrogen-bond acceptors (Lipinski definition) is 11. The van der Waals surface area contributed by atoms with Crippen LogP contribution in [0.2, 0.25) is 0 Å². The van der Waals surface area contributed by atoms with E-state index < -0.39 is 41.7 Å². The molecule has 1 heterocycles. The number of hydrogen-bond donors (Lipinski definition) is 7. The van der Waals surface area contributed by atoms with Crippen molar-refractivity contribution in [1.29, 1.82) is 0 Å². The van der Waals surface area contributed by atoms with Gasteiger partial charge in [0.2, 0.25) is 12.3 Å². The molecule has 0 radical (unpaired) electrons. The molecule has 0 saturated carbocycles. The Morgan fingerprint density at radius 1 is 1.10 bits per heavy atom. The number of ether oxygens (including phenoxy) is 1. The van der Waals surface area contributed by atoms with Crippen LogP contribution in [0.15, 0.2) is 54.4 Å². The van der Waals surface area contributed by atoms with Gasteiger partial charge in [0.15, 0.2) is 23.2 Å². The molecule has 1 aliphatic rings. The topological polar surface area (TPSA) is 207 Å². The number of likely N-dealkylation sites (N-methyl/N-ethyl adjacent to an activating group) is 1. The molecule has 50 heavy (non-hydrogen) atoms. The number of nitrogens with zero attached hydrogens (tertiary/aromatic N) is 1. The number of halogens is 2. The molecule has 0 bridgehead atoms. The number of carbonyl (C=O) groups excluding carboxylic acids is 4. The van der Waals surface area contributed by atoms with E-state index in [4.69, 9.17) is 22.0 Å². The zero-order chi connectivity index (χ0) is 36.5. The van der Waals surface area contributed by atoms with Gasteiger partial charge >= 0.3 is 0 Å². The molecule has 3 rings (SSSR count). The second-order valence-corrected chi connectivity index (χ2v) is 13.1. The average Bonchev–Trinajstić information content (AvgIpc) is 3.49. The number of unbranched alkanes of at least 4 members (excludes halogenated alkanes) is 2. The predicted molar refractivity (Wildman–Crippen MR) is 190 cm³/mol. The highest BCUT2D eigenvalue weighted by molar-refractivity contribution is 8.00. The molecular weight excluding hydrogens is 670 g/mol. The third-order valence-electron chi connectivity index (χ3n) is 8.20. The summed E-state index contributed by atoms with van der Waals surface area (Å²) < 4.78 is 33.1. The first kappa shape index (κ1) is 40.2. The smallest absolute Gasteiger partial charge is 0.251 e. The molecule has 3 amide bonds. The van der Waals surface area contributed by atoms with Gasteiger partial charge in [0.25, 0.3) is 5.91 Å². The average molecular weight is 719 g/mol. The van der Waals surface area contributed by atoms with Gasteiger partial charge in [-0.15, -0.1) is 0 Å². The van der Waals surface area contributed by atoms with Crippen molar-refractivity contribution < 1.29 is 32.7 Å². The molecule has 0 aromatic heterocycles. The Balaban J connectivity index is 1.49. The fourth-order valence-electron chi connectivity index (χ4n) is 5.52. The molecule has 10 N–H and O–H groups in total. The van der Waals surface area contributed by atoms with Crippen molar-refractivity contribution in [1.82, 2.24) is 21.3 Å². The van der Waals surface area contributed by atoms with Crippen LogP contribution >= 0.6 is 11.8 Å². The van der Waals surface area contributed by atoms with Gasteiger partial charge in [-0.1, -0.05) is 18.6 Å². The zero-order valence-electron chi connectivity index (χ0n) is 28.2. The minimum absolute atomic E-state index is 0.0670. The number of carbonyl (C=O) groups is 4. The molecule has 274 valence electrons. The summed E-state index contributed by atoms with van der Waals surface area (Å²) in [5.41, 5.74) is 12.6. The zero-order valence-corrected chi connectivity index (χ0v) is 29.0. The van der Waals surface area contributed by atoms with E-state index >= 15 is 0 Å². The lowest BCUT2D eigenvalue weighted by Gasteiger charge is -2.22. The van der Waals surface area contributed by atoms with Crippen LogP contribution in [0.1, 0.15) is 55.3 Å². The molecule has 0 aliphatic carbocycles. The minimum atomic E-state index is -0.995. The Morgan fingerprint density at radius 2 is 1.84 bits per heavy atom. The van der Waals surface area contributed by atoms with Crippen LogP contribution < -0.4 is 48.3 Å². The summed E-state index contributed by atoms with van der Waals surface area (Å²) in [6, 6.07) is 8.80. The number of anilines is 1. The summed E-state index contributed by atoms with van der Waals surface area (Å²) in [5, 5.41) is 13.2. The quantitative estimate of drug-likeness (QED) is 0.0405. The van der Waals surface area contributed by atoms with E-state index in [0.717, 1.165) is 37.1 Å². The molecule has 16 heteroatoms. The Morgan fingerprint density at radius 3 is 2.54 bits per heavy atom. The molecule has 13 nitrogen and oxygen atoms in total. The van der Waals surface area contributed by atoms with Crippen molar-refractivity contribution in [3.05, 3.63) is 71.6 Å². The monoisotopic (exact) mass is 718 g/mol. The second kappa shape index (κ2) is 21.1. The van der Waals surface area contributed by atoms with Gasteiger partial charge in [0, 0.05) is 40.9 Å². The van der Waals surface area contributed by atoms with E-state index in [1.807, 2.05) is 18.8 Å². The van der Waals surface area contributed by atoms with E-state index in [1.165, 1.54) is 29.4 Å². The normalized spacial score (nSPS) is 17.9. The highest BCUT2D eigenvalue weighted by atomic mass is 32.2. The SMILES string of the molecule is CNC1C(CCCCC(=O)NC/C(N)=C/N(N)c2cccc(C(=O)NC(CCCCN)C(=O)COc3c(F)cccc3F)c2)SC[C@@H]1NC=O. The van der Waals surface area contributed by atoms with E-state index in [2.05, 4.69) is 21.3 Å². The Bertz CT molecular complexity index is 1450. The summed E-state index contributed by atoms with van der Waals surface area (Å²) in [7, 11) is 1.89. The highest BCUT2D eigenvalue weighted by Crippen LogP contribution is 2.31. The first-order valence-electron chi connectivity index (χ1n) is 16.5. The number of nitrogens with two attached hydrogens (primary N) is 3. The maximum absolute atomic E-state index is 14.0. The first-order chi connectivity index (χ1) is 24.1. The van der Waals surface area contributed by atoms with Gasteiger partial charge in [0.1, 0.15) is 6.61 Å². The molecule has 3 unspecified atom stereocenters. The summed E-state index contributed by atoms with van der Waals surface area (Å²) in [6.07, 6.45) is 6.39. The summed E-state index contributed by atoms with van der Waals surface area (Å²) >= 11 is 1.82. The molecule has 1 aliphatic heterocycles. The van der Waals surface area contributed by atoms with Crippen LogP contribution in [0, 0.1) is 11.6 Å². The van der Waals surface area contributed by atoms with E-state index in [9.17, 15) is 28.0 Å². The van der Waals surface area contributed by atoms with Crippen molar-refractivity contribution in [2.24, 2.45) is 17.3 Å². The number of nitrogens with one attached hydrogen (secondary N) is 4. The summed E-state index contributed by atoms with van der Waals surface area (Å²) in [6.45, 7) is -0.195. The van der Waals surface area contributed by atoms with Crippen molar-refractivity contribution in [3.8, 4) is 5.75 Å². The lowest BCUT2D eigenvalue weighted by Crippen LogP contribution is -2.48. The standard InChI is InChI=1S/C34H48F2N8O5S/c1-40-32-28(42-21-45)20-50-30(32)13-2-3-14-31(47)41-17-23(38)18-44(39)24-9-6-8-22(16-24)34(48)43-27(12-4-5-15-37)29(46)19-49-33-25(35)10-7-11-26(33)36/h6-11,16,18,21,27-28,30,32,40H,2-5,12-15,17,19-20,37-39H2,1H3,(H,41,47)(H,42,45)(H,43,48)/b23-18-/t27?,28-,30?,32?/m0/s1. The highest BCUT2D eigenvalue weighted by Gasteiger charge is 2.35. The fraction of sp³-hybridized carbons (Fsp3) is 0.471. The fourth-order valence-corrected chi connectivity index (χ4v) is 7.15. The number of thioether (sulfide) groups is 1. The third-order valence-corrected chi connectivity index (χ3v) is 9.71. The van der Waals surface area contributed by atoms with Gasteiger partial charge < -0.3 is 37.5 Å². The minimum Gasteiger partial charge on any atom is -0.480 e. The van der Waals surface area contributed by atoms with E-state index in [1.54, 1.807) is 12.1 Å². The lowest BCUT2D eigenvalue weighted by atomic mass is 10.0.